The molecule has 156 valence electrons. The van der Waals surface area contributed by atoms with Crippen molar-refractivity contribution in [3.63, 3.8) is 0 Å². The van der Waals surface area contributed by atoms with E-state index in [0.717, 1.165) is 48.0 Å². The van der Waals surface area contributed by atoms with E-state index in [0.29, 0.717) is 22.8 Å². The van der Waals surface area contributed by atoms with Crippen molar-refractivity contribution < 1.29 is 0 Å². The number of hydrogen-bond acceptors (Lipinski definition) is 6. The maximum atomic E-state index is 13.6. The van der Waals surface area contributed by atoms with Crippen LogP contribution >= 0.6 is 0 Å². The molecule has 1 aliphatic rings. The van der Waals surface area contributed by atoms with Crippen molar-refractivity contribution in [2.75, 3.05) is 0 Å². The Morgan fingerprint density at radius 1 is 0.968 bits per heavy atom. The average Bonchev–Trinajstić information content (AvgIpc) is 3.34. The van der Waals surface area contributed by atoms with Crippen molar-refractivity contribution in [3.05, 3.63) is 52.1 Å². The molecule has 0 unspecified atom stereocenters. The van der Waals surface area contributed by atoms with E-state index in [1.54, 1.807) is 9.20 Å². The van der Waals surface area contributed by atoms with Crippen LogP contribution < -0.4 is 5.56 Å². The molecule has 31 heavy (non-hydrogen) atoms. The third-order valence-corrected chi connectivity index (χ3v) is 6.23. The monoisotopic (exact) mass is 414 g/mol. The predicted molar refractivity (Wildman–Crippen MR) is 117 cm³/mol. The summed E-state index contributed by atoms with van der Waals surface area (Å²) in [5, 5.41) is 19.3. The molecular weight excluding hydrogens is 392 g/mol. The number of benzene rings is 1. The Balaban J connectivity index is 1.73. The summed E-state index contributed by atoms with van der Waals surface area (Å²) in [5.41, 5.74) is 3.21. The molecule has 4 aromatic heterocycles. The van der Waals surface area contributed by atoms with Gasteiger partial charge in [0.15, 0.2) is 5.65 Å². The van der Waals surface area contributed by atoms with Gasteiger partial charge >= 0.3 is 0 Å². The van der Waals surface area contributed by atoms with Crippen LogP contribution in [0.1, 0.15) is 49.5 Å². The lowest BCUT2D eigenvalue weighted by Crippen LogP contribution is -2.28. The van der Waals surface area contributed by atoms with Gasteiger partial charge in [-0.15, -0.1) is 15.3 Å². The van der Waals surface area contributed by atoms with Gasteiger partial charge in [0.1, 0.15) is 5.52 Å². The first kappa shape index (κ1) is 18.2. The number of aromatic nitrogens is 8. The highest BCUT2D eigenvalue weighted by Gasteiger charge is 2.25. The molecule has 1 fully saturated rings. The van der Waals surface area contributed by atoms with E-state index in [1.807, 2.05) is 48.7 Å². The second-order valence-electron chi connectivity index (χ2n) is 8.35. The van der Waals surface area contributed by atoms with Crippen LogP contribution in [0, 0.1) is 13.8 Å². The van der Waals surface area contributed by atoms with E-state index in [4.69, 9.17) is 10.1 Å². The van der Waals surface area contributed by atoms with Crippen molar-refractivity contribution in [2.24, 2.45) is 0 Å². The second kappa shape index (κ2) is 6.69. The smallest absolute Gasteiger partial charge is 0.287 e. The van der Waals surface area contributed by atoms with Crippen molar-refractivity contribution in [3.8, 4) is 5.95 Å². The zero-order valence-electron chi connectivity index (χ0n) is 17.5. The Hall–Kier alpha value is -3.62. The Labute approximate surface area is 177 Å². The van der Waals surface area contributed by atoms with Crippen LogP contribution in [0.25, 0.3) is 33.7 Å². The second-order valence-corrected chi connectivity index (χ2v) is 8.35. The van der Waals surface area contributed by atoms with E-state index < -0.39 is 0 Å². The standard InChI is InChI=1S/C22H22N8O/c1-13-12-14(2)29(26-13)22-25-24-21-23-18-16-10-6-7-11-17(16)20(31)28(19(18)30(21)27-22)15-8-4-3-5-9-15/h6-7,10-12,15H,3-5,8-9H2,1-2H3. The number of rotatable bonds is 2. The molecule has 9 nitrogen and oxygen atoms in total. The molecule has 1 aromatic carbocycles. The van der Waals surface area contributed by atoms with Crippen molar-refractivity contribution in [2.45, 2.75) is 52.0 Å². The van der Waals surface area contributed by atoms with Gasteiger partial charge in [-0.1, -0.05) is 37.5 Å². The summed E-state index contributed by atoms with van der Waals surface area (Å²) in [6.45, 7) is 3.87. The maximum Gasteiger partial charge on any atom is 0.287 e. The Morgan fingerprint density at radius 3 is 2.48 bits per heavy atom. The fraction of sp³-hybridized carbons (Fsp3) is 0.364. The van der Waals surface area contributed by atoms with Crippen LogP contribution in [0.5, 0.6) is 0 Å². The summed E-state index contributed by atoms with van der Waals surface area (Å²) >= 11 is 0. The minimum atomic E-state index is 0.00285. The van der Waals surface area contributed by atoms with Gasteiger partial charge in [-0.05, 0) is 38.8 Å². The van der Waals surface area contributed by atoms with E-state index in [1.165, 1.54) is 6.42 Å². The van der Waals surface area contributed by atoms with Crippen LogP contribution in [-0.4, -0.2) is 39.1 Å². The SMILES string of the molecule is Cc1cc(C)n(-c2nnc3nc4c5ccccc5c(=O)n(C5CCCCC5)c4n3n2)n1. The Bertz CT molecular complexity index is 1520. The fourth-order valence-corrected chi connectivity index (χ4v) is 4.84. The first-order valence-corrected chi connectivity index (χ1v) is 10.7. The van der Waals surface area contributed by atoms with Gasteiger partial charge in [0.2, 0.25) is 0 Å². The zero-order chi connectivity index (χ0) is 21.1. The molecule has 0 spiro atoms. The largest absolute Gasteiger partial charge is 0.288 e. The van der Waals surface area contributed by atoms with Crippen LogP contribution in [0.15, 0.2) is 35.1 Å². The lowest BCUT2D eigenvalue weighted by molar-refractivity contribution is 0.353. The topological polar surface area (TPSA) is 95.8 Å². The first-order chi connectivity index (χ1) is 15.1. The van der Waals surface area contributed by atoms with E-state index >= 15 is 0 Å². The van der Waals surface area contributed by atoms with Crippen LogP contribution in [0.4, 0.5) is 0 Å². The van der Waals surface area contributed by atoms with Crippen LogP contribution in [-0.2, 0) is 0 Å². The number of pyridine rings is 1. The number of aryl methyl sites for hydroxylation is 2. The molecule has 0 amide bonds. The average molecular weight is 414 g/mol. The van der Waals surface area contributed by atoms with Gasteiger partial charge in [-0.2, -0.15) is 9.61 Å². The van der Waals surface area contributed by atoms with Gasteiger partial charge < -0.3 is 0 Å². The molecule has 1 aliphatic carbocycles. The van der Waals surface area contributed by atoms with Crippen molar-refractivity contribution in [1.82, 2.24) is 39.1 Å². The summed E-state index contributed by atoms with van der Waals surface area (Å²) in [7, 11) is 0. The fourth-order valence-electron chi connectivity index (χ4n) is 4.84. The highest BCUT2D eigenvalue weighted by Crippen LogP contribution is 2.32. The van der Waals surface area contributed by atoms with Crippen molar-refractivity contribution >= 4 is 27.7 Å². The highest BCUT2D eigenvalue weighted by atomic mass is 16.1. The summed E-state index contributed by atoms with van der Waals surface area (Å²) < 4.78 is 5.23. The summed E-state index contributed by atoms with van der Waals surface area (Å²) in [6, 6.07) is 9.73. The quantitative estimate of drug-likeness (QED) is 0.440. The molecule has 4 heterocycles. The van der Waals surface area contributed by atoms with E-state index in [-0.39, 0.29) is 11.6 Å². The maximum absolute atomic E-state index is 13.6. The summed E-state index contributed by atoms with van der Waals surface area (Å²) in [5.74, 6) is 0.730. The minimum Gasteiger partial charge on any atom is -0.288 e. The molecule has 0 bridgehead atoms. The molecule has 9 heteroatoms. The molecule has 0 aliphatic heterocycles. The van der Waals surface area contributed by atoms with Gasteiger partial charge in [-0.25, -0.2) is 9.67 Å². The zero-order valence-corrected chi connectivity index (χ0v) is 17.5. The molecule has 0 atom stereocenters. The molecule has 0 saturated heterocycles. The van der Waals surface area contributed by atoms with Gasteiger partial charge in [0, 0.05) is 22.5 Å². The van der Waals surface area contributed by atoms with E-state index in [9.17, 15) is 4.79 Å². The minimum absolute atomic E-state index is 0.00285. The van der Waals surface area contributed by atoms with Crippen LogP contribution in [0.2, 0.25) is 0 Å². The first-order valence-electron chi connectivity index (χ1n) is 10.7. The number of fused-ring (bicyclic) bond motifs is 5. The lowest BCUT2D eigenvalue weighted by atomic mass is 9.95. The predicted octanol–water partition coefficient (Wildman–Crippen LogP) is 3.30. The van der Waals surface area contributed by atoms with E-state index in [2.05, 4.69) is 15.3 Å². The molecule has 1 saturated carbocycles. The summed E-state index contributed by atoms with van der Waals surface area (Å²) in [6.07, 6.45) is 5.40. The van der Waals surface area contributed by atoms with Gasteiger partial charge in [0.25, 0.3) is 17.3 Å². The molecule has 0 radical (unpaired) electrons. The molecular formula is C22H22N8O. The Kier molecular flexibility index (Phi) is 3.92. The molecule has 5 aromatic rings. The third-order valence-electron chi connectivity index (χ3n) is 6.23. The Morgan fingerprint density at radius 2 is 1.74 bits per heavy atom. The van der Waals surface area contributed by atoms with Crippen LogP contribution in [0.3, 0.4) is 0 Å². The van der Waals surface area contributed by atoms with Crippen molar-refractivity contribution in [1.29, 1.82) is 0 Å². The lowest BCUT2D eigenvalue weighted by Gasteiger charge is -2.25. The number of nitrogens with zero attached hydrogens (tertiary/aromatic N) is 8. The summed E-state index contributed by atoms with van der Waals surface area (Å²) in [4.78, 5) is 18.4. The third kappa shape index (κ3) is 2.69. The molecule has 6 rings (SSSR count). The molecule has 0 N–H and O–H groups in total. The van der Waals surface area contributed by atoms with Gasteiger partial charge in [0.05, 0.1) is 5.69 Å². The van der Waals surface area contributed by atoms with Gasteiger partial charge in [-0.3, -0.25) is 9.36 Å². The number of hydrogen-bond donors (Lipinski definition) is 0. The number of imidazole rings is 1. The normalized spacial score (nSPS) is 15.4. The highest BCUT2D eigenvalue weighted by molar-refractivity contribution is 6.03.